The molecule has 240 valence electrons. The zero-order valence-corrected chi connectivity index (χ0v) is 26.8. The summed E-state index contributed by atoms with van der Waals surface area (Å²) < 4.78 is 11.6. The summed E-state index contributed by atoms with van der Waals surface area (Å²) in [6, 6.07) is 16.0. The van der Waals surface area contributed by atoms with Crippen molar-refractivity contribution in [3.63, 3.8) is 0 Å². The Morgan fingerprint density at radius 2 is 1.32 bits per heavy atom. The smallest absolute Gasteiger partial charge is 0.358 e. The van der Waals surface area contributed by atoms with E-state index >= 15 is 0 Å². The van der Waals surface area contributed by atoms with Crippen LogP contribution in [0.2, 0.25) is 0 Å². The van der Waals surface area contributed by atoms with Gasteiger partial charge in [0.05, 0.1) is 24.5 Å². The number of hydrogen-bond acceptors (Lipinski definition) is 8. The van der Waals surface area contributed by atoms with Crippen molar-refractivity contribution in [2.75, 3.05) is 71.3 Å². The molecule has 7 rings (SSSR count). The highest BCUT2D eigenvalue weighted by Gasteiger charge is 2.62. The molecule has 0 N–H and O–H groups in total. The number of rotatable bonds is 5. The van der Waals surface area contributed by atoms with Crippen LogP contribution in [0.25, 0.3) is 5.53 Å². The van der Waals surface area contributed by atoms with E-state index in [2.05, 4.69) is 14.6 Å². The van der Waals surface area contributed by atoms with Gasteiger partial charge in [0, 0.05) is 94.6 Å². The minimum atomic E-state index is -1.40. The molecule has 0 atom stereocenters. The molecule has 12 nitrogen and oxygen atoms in total. The van der Waals surface area contributed by atoms with Crippen LogP contribution in [0.4, 0.5) is 11.4 Å². The Hall–Kier alpha value is -5.48. The fraction of sp³-hybridized carbons (Fsp3) is 0.343. The van der Waals surface area contributed by atoms with E-state index in [1.54, 1.807) is 50.1 Å². The van der Waals surface area contributed by atoms with E-state index in [0.29, 0.717) is 59.9 Å². The number of amides is 2. The molecule has 0 unspecified atom stereocenters. The number of hydrogen-bond donors (Lipinski definition) is 0. The number of Topliss-reactive ketones (excluding diaryl/α,β-unsaturated/α-hetero) is 1. The second-order valence-corrected chi connectivity index (χ2v) is 12.9. The van der Waals surface area contributed by atoms with Crippen molar-refractivity contribution >= 4 is 40.7 Å². The summed E-state index contributed by atoms with van der Waals surface area (Å²) in [5, 5.41) is 0. The molecule has 0 radical (unpaired) electrons. The lowest BCUT2D eigenvalue weighted by atomic mass is 9.67. The Labute approximate surface area is 271 Å². The number of carbonyl (C=O) groups is 4. The van der Waals surface area contributed by atoms with Gasteiger partial charge in [0.15, 0.2) is 5.41 Å². The molecule has 0 saturated carbocycles. The predicted octanol–water partition coefficient (Wildman–Crippen LogP) is 2.83. The molecule has 2 saturated heterocycles. The first-order valence-electron chi connectivity index (χ1n) is 15.4. The Kier molecular flexibility index (Phi) is 6.94. The van der Waals surface area contributed by atoms with E-state index < -0.39 is 17.2 Å². The quantitative estimate of drug-likeness (QED) is 0.238. The van der Waals surface area contributed by atoms with Crippen LogP contribution in [0.5, 0.6) is 11.5 Å². The number of benzene rings is 3. The van der Waals surface area contributed by atoms with Crippen LogP contribution >= 0.6 is 0 Å². The third-order valence-electron chi connectivity index (χ3n) is 9.79. The van der Waals surface area contributed by atoms with Gasteiger partial charge in [0.2, 0.25) is 11.8 Å². The van der Waals surface area contributed by atoms with E-state index in [0.717, 1.165) is 11.4 Å². The Bertz CT molecular complexity index is 1850. The summed E-state index contributed by atoms with van der Waals surface area (Å²) in [7, 11) is 8.27. The van der Waals surface area contributed by atoms with Crippen LogP contribution in [0, 0.1) is 11.8 Å². The van der Waals surface area contributed by atoms with Crippen LogP contribution in [0.1, 0.15) is 37.4 Å². The highest BCUT2D eigenvalue weighted by Crippen LogP contribution is 2.57. The molecular weight excluding hydrogens is 600 g/mol. The van der Waals surface area contributed by atoms with Gasteiger partial charge in [-0.05, 0) is 35.9 Å². The summed E-state index contributed by atoms with van der Waals surface area (Å²) in [6.45, 7) is 2.21. The maximum atomic E-state index is 13.9. The van der Waals surface area contributed by atoms with E-state index in [9.17, 15) is 24.7 Å². The molecule has 3 aromatic carbocycles. The van der Waals surface area contributed by atoms with Crippen LogP contribution in [-0.4, -0.2) is 105 Å². The standard InChI is InChI=1S/C35H34N6O6/c1-38(2)32(43)20-15-40(16-20)22-7-10-25-28(13-22)47-29-14-23(41-17-21(18-41)33(44)39(3)4)8-11-26(29)35(25)27-12-19(34(45)46-5)6-9-24(27)30(42)31(35)37-36/h6-14,20-21H,15-18H2,1-5H3. The van der Waals surface area contributed by atoms with E-state index in [-0.39, 0.29) is 34.9 Å². The van der Waals surface area contributed by atoms with Gasteiger partial charge in [-0.3, -0.25) is 14.4 Å². The maximum absolute atomic E-state index is 13.9. The molecule has 3 aliphatic heterocycles. The van der Waals surface area contributed by atoms with Gasteiger partial charge in [-0.1, -0.05) is 12.1 Å². The molecule has 12 heteroatoms. The highest BCUT2D eigenvalue weighted by molar-refractivity contribution is 6.52. The number of fused-ring (bicyclic) bond motifs is 6. The fourth-order valence-corrected chi connectivity index (χ4v) is 7.28. The summed E-state index contributed by atoms with van der Waals surface area (Å²) in [4.78, 5) is 62.6. The topological polar surface area (TPSA) is 136 Å². The lowest BCUT2D eigenvalue weighted by molar-refractivity contribution is -0.134. The first-order chi connectivity index (χ1) is 22.5. The minimum absolute atomic E-state index is 0.0719. The van der Waals surface area contributed by atoms with E-state index in [1.807, 2.05) is 36.4 Å². The minimum Gasteiger partial charge on any atom is -0.465 e. The van der Waals surface area contributed by atoms with Crippen molar-refractivity contribution in [1.29, 1.82) is 0 Å². The molecule has 3 aromatic rings. The Balaban J connectivity index is 1.37. The van der Waals surface area contributed by atoms with Crippen LogP contribution in [0.15, 0.2) is 54.6 Å². The largest absolute Gasteiger partial charge is 0.465 e. The molecule has 47 heavy (non-hydrogen) atoms. The van der Waals surface area contributed by atoms with Gasteiger partial charge < -0.3 is 34.6 Å². The highest BCUT2D eigenvalue weighted by atomic mass is 16.5. The lowest BCUT2D eigenvalue weighted by Crippen LogP contribution is -2.53. The summed E-state index contributed by atoms with van der Waals surface area (Å²) in [5.74, 6) is -0.215. The number of anilines is 2. The van der Waals surface area contributed by atoms with Gasteiger partial charge in [-0.25, -0.2) is 4.79 Å². The van der Waals surface area contributed by atoms with Crippen molar-refractivity contribution in [2.24, 2.45) is 11.8 Å². The van der Waals surface area contributed by atoms with Crippen molar-refractivity contribution in [1.82, 2.24) is 9.80 Å². The summed E-state index contributed by atoms with van der Waals surface area (Å²) in [6.07, 6.45) is 0. The number of ketones is 1. The fourth-order valence-electron chi connectivity index (χ4n) is 7.28. The SMILES string of the molecule is COC(=O)c1ccc2c(c1)C1(C(=[N+]=[N-])C2=O)c2ccc(N3CC(C(=O)N(C)C)C3)cc2Oc2cc(N3CC(C(=O)N(C)C)C3)ccc21. The van der Waals surface area contributed by atoms with Gasteiger partial charge in [-0.2, -0.15) is 4.79 Å². The molecule has 2 fully saturated rings. The zero-order valence-electron chi connectivity index (χ0n) is 26.8. The van der Waals surface area contributed by atoms with Crippen molar-refractivity contribution < 1.29 is 33.4 Å². The molecule has 2 amide bonds. The first-order valence-corrected chi connectivity index (χ1v) is 15.4. The van der Waals surface area contributed by atoms with Crippen LogP contribution in [-0.2, 0) is 19.7 Å². The normalized spacial score (nSPS) is 17.5. The third kappa shape index (κ3) is 4.35. The second-order valence-electron chi connectivity index (χ2n) is 12.9. The van der Waals surface area contributed by atoms with Crippen LogP contribution < -0.4 is 14.5 Å². The average molecular weight is 635 g/mol. The molecule has 0 bridgehead atoms. The summed E-state index contributed by atoms with van der Waals surface area (Å²) >= 11 is 0. The average Bonchev–Trinajstić information content (AvgIpc) is 3.26. The number of nitrogens with zero attached hydrogens (tertiary/aromatic N) is 6. The maximum Gasteiger partial charge on any atom is 0.358 e. The van der Waals surface area contributed by atoms with Gasteiger partial charge in [0.25, 0.3) is 5.78 Å². The van der Waals surface area contributed by atoms with Gasteiger partial charge in [0.1, 0.15) is 11.5 Å². The zero-order chi connectivity index (χ0) is 33.4. The van der Waals surface area contributed by atoms with Crippen molar-refractivity contribution in [3.05, 3.63) is 87.9 Å². The van der Waals surface area contributed by atoms with Gasteiger partial charge in [-0.15, -0.1) is 0 Å². The molecule has 1 aliphatic carbocycles. The van der Waals surface area contributed by atoms with E-state index in [4.69, 9.17) is 9.47 Å². The molecular formula is C35H34N6O6. The Morgan fingerprint density at radius 3 is 1.77 bits per heavy atom. The first kappa shape index (κ1) is 30.2. The van der Waals surface area contributed by atoms with Crippen molar-refractivity contribution in [3.8, 4) is 11.5 Å². The number of ether oxygens (including phenoxy) is 2. The lowest BCUT2D eigenvalue weighted by Gasteiger charge is -2.43. The third-order valence-corrected chi connectivity index (χ3v) is 9.79. The molecule has 4 aliphatic rings. The number of methoxy groups -OCH3 is 1. The van der Waals surface area contributed by atoms with Gasteiger partial charge >= 0.3 is 11.7 Å². The monoisotopic (exact) mass is 634 g/mol. The van der Waals surface area contributed by atoms with Crippen molar-refractivity contribution in [2.45, 2.75) is 5.41 Å². The molecule has 3 heterocycles. The Morgan fingerprint density at radius 1 is 0.809 bits per heavy atom. The summed E-state index contributed by atoms with van der Waals surface area (Å²) in [5.41, 5.74) is 12.8. The number of carbonyl (C=O) groups excluding carboxylic acids is 4. The number of esters is 1. The predicted molar refractivity (Wildman–Crippen MR) is 172 cm³/mol. The second kappa shape index (κ2) is 10.8. The van der Waals surface area contributed by atoms with Crippen LogP contribution in [0.3, 0.4) is 0 Å². The van der Waals surface area contributed by atoms with E-state index in [1.165, 1.54) is 13.2 Å². The molecule has 1 spiro atoms. The molecule has 0 aromatic heterocycles.